The Balaban J connectivity index is 0. The van der Waals surface area contributed by atoms with Crippen molar-refractivity contribution in [3.05, 3.63) is 0 Å². The van der Waals surface area contributed by atoms with Crippen LogP contribution in [0.5, 0.6) is 0 Å². The van der Waals surface area contributed by atoms with Crippen LogP contribution in [-0.4, -0.2) is 51.7 Å². The summed E-state index contributed by atoms with van der Waals surface area (Å²) in [5.74, 6) is -4.56. The molecule has 1 heterocycles. The van der Waals surface area contributed by atoms with E-state index < -0.39 is 24.3 Å². The van der Waals surface area contributed by atoms with Crippen molar-refractivity contribution in [2.24, 2.45) is 0 Å². The molecule has 0 spiro atoms. The second-order valence-corrected chi connectivity index (χ2v) is 4.92. The number of carboxylic acid groups (broad SMARTS) is 2. The lowest BCUT2D eigenvalue weighted by Crippen LogP contribution is -2.27. The Kier molecular flexibility index (Phi) is 10.4. The first kappa shape index (κ1) is 23.6. The summed E-state index contributed by atoms with van der Waals surface area (Å²) in [6, 6.07) is 2.29. The van der Waals surface area contributed by atoms with Crippen LogP contribution < -0.4 is 5.32 Å². The molecule has 0 bridgehead atoms. The molecule has 2 unspecified atom stereocenters. The number of halogens is 6. The summed E-state index contributed by atoms with van der Waals surface area (Å²) < 4.78 is 63.5. The average molecular weight is 370 g/mol. The van der Waals surface area contributed by atoms with Crippen LogP contribution in [0.1, 0.15) is 13.3 Å². The molecule has 1 saturated heterocycles. The van der Waals surface area contributed by atoms with Crippen molar-refractivity contribution in [3.63, 3.8) is 0 Å². The maximum absolute atomic E-state index is 10.6. The lowest BCUT2D eigenvalue weighted by Gasteiger charge is -2.03. The average Bonchev–Trinajstić information content (AvgIpc) is 2.85. The third-order valence-electron chi connectivity index (χ3n) is 1.86. The van der Waals surface area contributed by atoms with Crippen LogP contribution in [0, 0.1) is 11.3 Å². The molecule has 134 valence electrons. The predicted octanol–water partition coefficient (Wildman–Crippen LogP) is 2.22. The Labute approximate surface area is 130 Å². The fourth-order valence-corrected chi connectivity index (χ4v) is 1.93. The maximum atomic E-state index is 10.6. The van der Waals surface area contributed by atoms with Gasteiger partial charge in [0, 0.05) is 5.75 Å². The van der Waals surface area contributed by atoms with Gasteiger partial charge in [-0.1, -0.05) is 6.92 Å². The molecule has 0 amide bonds. The topological polar surface area (TPSA) is 110 Å². The first-order valence-corrected chi connectivity index (χ1v) is 6.68. The van der Waals surface area contributed by atoms with Gasteiger partial charge in [0.05, 0.1) is 11.4 Å². The molecule has 6 nitrogen and oxygen atoms in total. The molecule has 0 aromatic rings. The molecule has 1 fully saturated rings. The van der Waals surface area contributed by atoms with Gasteiger partial charge in [0.15, 0.2) is 0 Å². The lowest BCUT2D eigenvalue weighted by atomic mass is 10.3. The summed E-state index contributed by atoms with van der Waals surface area (Å²) in [6.07, 6.45) is -9.05. The number of carboxylic acids is 2. The Hall–Kier alpha value is -1.68. The SMILES string of the molecule is CCC1NC(C#N)CS1.O=C(O)C(F)(F)F.O=C(O)C(F)(F)F. The highest BCUT2D eigenvalue weighted by atomic mass is 32.2. The van der Waals surface area contributed by atoms with Crippen molar-refractivity contribution in [2.75, 3.05) is 5.75 Å². The summed E-state index contributed by atoms with van der Waals surface area (Å²) >= 11 is 1.84. The minimum absolute atomic E-state index is 0.0972. The van der Waals surface area contributed by atoms with Crippen LogP contribution >= 0.6 is 11.8 Å². The fraction of sp³-hybridized carbons (Fsp3) is 0.700. The van der Waals surface area contributed by atoms with Crippen molar-refractivity contribution in [1.29, 1.82) is 5.26 Å². The van der Waals surface area contributed by atoms with Crippen LogP contribution in [-0.2, 0) is 9.59 Å². The summed E-state index contributed by atoms with van der Waals surface area (Å²) in [4.78, 5) is 17.8. The number of hydrogen-bond donors (Lipinski definition) is 3. The zero-order chi connectivity index (χ0) is 18.8. The van der Waals surface area contributed by atoms with Crippen molar-refractivity contribution in [2.45, 2.75) is 37.1 Å². The van der Waals surface area contributed by atoms with Gasteiger partial charge in [-0.05, 0) is 6.42 Å². The summed E-state index contributed by atoms with van der Waals surface area (Å²) in [6.45, 7) is 2.13. The molecule has 0 aromatic carbocycles. The van der Waals surface area contributed by atoms with E-state index in [0.29, 0.717) is 5.37 Å². The number of nitriles is 1. The van der Waals surface area contributed by atoms with Gasteiger partial charge in [-0.25, -0.2) is 9.59 Å². The minimum atomic E-state index is -5.08. The van der Waals surface area contributed by atoms with Gasteiger partial charge in [-0.2, -0.15) is 31.6 Å². The summed E-state index contributed by atoms with van der Waals surface area (Å²) in [5.41, 5.74) is 0. The Morgan fingerprint density at radius 1 is 1.17 bits per heavy atom. The quantitative estimate of drug-likeness (QED) is 0.607. The number of carbonyl (C=O) groups is 2. The van der Waals surface area contributed by atoms with Gasteiger partial charge in [-0.3, -0.25) is 5.32 Å². The Morgan fingerprint density at radius 3 is 1.65 bits per heavy atom. The molecule has 23 heavy (non-hydrogen) atoms. The van der Waals surface area contributed by atoms with Crippen LogP contribution in [0.2, 0.25) is 0 Å². The molecule has 0 aromatic heterocycles. The molecule has 0 saturated carbocycles. The number of nitrogens with zero attached hydrogens (tertiary/aromatic N) is 1. The van der Waals surface area contributed by atoms with E-state index in [9.17, 15) is 26.3 Å². The van der Waals surface area contributed by atoms with Crippen molar-refractivity contribution in [3.8, 4) is 6.07 Å². The van der Waals surface area contributed by atoms with Gasteiger partial charge < -0.3 is 10.2 Å². The van der Waals surface area contributed by atoms with Crippen molar-refractivity contribution in [1.82, 2.24) is 5.32 Å². The van der Waals surface area contributed by atoms with E-state index in [1.54, 1.807) is 0 Å². The number of nitrogens with one attached hydrogen (secondary N) is 1. The standard InChI is InChI=1S/C6H10N2S.2C2HF3O2/c1-2-6-8-5(3-7)4-9-6;2*3-2(4,5)1(6)7/h5-6,8H,2,4H2,1H3;2*(H,6,7). The largest absolute Gasteiger partial charge is 0.490 e. The predicted molar refractivity (Wildman–Crippen MR) is 66.5 cm³/mol. The maximum Gasteiger partial charge on any atom is 0.490 e. The van der Waals surface area contributed by atoms with Crippen LogP contribution in [0.15, 0.2) is 0 Å². The molecule has 0 aliphatic carbocycles. The molecule has 0 radical (unpaired) electrons. The van der Waals surface area contributed by atoms with Gasteiger partial charge in [0.1, 0.15) is 6.04 Å². The van der Waals surface area contributed by atoms with Gasteiger partial charge >= 0.3 is 24.3 Å². The van der Waals surface area contributed by atoms with Gasteiger partial charge in [0.25, 0.3) is 0 Å². The number of aliphatic carboxylic acids is 2. The fourth-order valence-electron chi connectivity index (χ4n) is 0.843. The molecular weight excluding hydrogens is 358 g/mol. The zero-order valence-electron chi connectivity index (χ0n) is 11.4. The molecule has 2 atom stereocenters. The molecule has 3 N–H and O–H groups in total. The van der Waals surface area contributed by atoms with Gasteiger partial charge in [-0.15, -0.1) is 11.8 Å². The van der Waals surface area contributed by atoms with Crippen LogP contribution in [0.25, 0.3) is 0 Å². The number of rotatable bonds is 1. The monoisotopic (exact) mass is 370 g/mol. The first-order valence-electron chi connectivity index (χ1n) is 5.63. The van der Waals surface area contributed by atoms with Crippen LogP contribution in [0.4, 0.5) is 26.3 Å². The van der Waals surface area contributed by atoms with Crippen molar-refractivity contribution < 1.29 is 46.1 Å². The van der Waals surface area contributed by atoms with E-state index >= 15 is 0 Å². The third kappa shape index (κ3) is 12.5. The van der Waals surface area contributed by atoms with E-state index in [-0.39, 0.29) is 6.04 Å². The van der Waals surface area contributed by atoms with E-state index in [1.807, 2.05) is 11.8 Å². The third-order valence-corrected chi connectivity index (χ3v) is 3.26. The second-order valence-electron chi connectivity index (χ2n) is 3.68. The molecule has 1 rings (SSSR count). The zero-order valence-corrected chi connectivity index (χ0v) is 12.2. The number of thioether (sulfide) groups is 1. The summed E-state index contributed by atoms with van der Waals surface area (Å²) in [7, 11) is 0. The highest BCUT2D eigenvalue weighted by Gasteiger charge is 2.38. The second kappa shape index (κ2) is 10.2. The molecule has 1 aliphatic rings. The molecule has 13 heteroatoms. The molecular formula is C10H12F6N2O4S. The lowest BCUT2D eigenvalue weighted by molar-refractivity contribution is -0.193. The highest BCUT2D eigenvalue weighted by Crippen LogP contribution is 2.20. The summed E-state index contributed by atoms with van der Waals surface area (Å²) in [5, 5.41) is 26.4. The van der Waals surface area contributed by atoms with Crippen LogP contribution in [0.3, 0.4) is 0 Å². The van der Waals surface area contributed by atoms with E-state index in [0.717, 1.165) is 12.2 Å². The van der Waals surface area contributed by atoms with E-state index in [4.69, 9.17) is 25.1 Å². The first-order chi connectivity index (χ1) is 10.3. The number of alkyl halides is 6. The smallest absolute Gasteiger partial charge is 0.475 e. The number of hydrogen-bond acceptors (Lipinski definition) is 5. The molecule has 1 aliphatic heterocycles. The Bertz CT molecular complexity index is 411. The minimum Gasteiger partial charge on any atom is -0.475 e. The normalized spacial score (nSPS) is 20.3. The van der Waals surface area contributed by atoms with Crippen molar-refractivity contribution >= 4 is 23.7 Å². The van der Waals surface area contributed by atoms with E-state index in [2.05, 4.69) is 18.3 Å². The van der Waals surface area contributed by atoms with Gasteiger partial charge in [0.2, 0.25) is 0 Å². The Morgan fingerprint density at radius 2 is 1.52 bits per heavy atom. The highest BCUT2D eigenvalue weighted by molar-refractivity contribution is 8.00. The van der Waals surface area contributed by atoms with E-state index in [1.165, 1.54) is 0 Å².